The van der Waals surface area contributed by atoms with Gasteiger partial charge in [-0.25, -0.2) is 0 Å². The molecule has 0 N–H and O–H groups in total. The average Bonchev–Trinajstić information content (AvgIpc) is 2.31. The SMILES string of the molecule is [CH2]CCc1ccc(-c2ccccc2Cl)cc1. The van der Waals surface area contributed by atoms with E-state index in [1.807, 2.05) is 24.3 Å². The largest absolute Gasteiger partial charge is 0.0837 e. The van der Waals surface area contributed by atoms with Crippen LogP contribution in [0.15, 0.2) is 48.5 Å². The molecule has 0 fully saturated rings. The van der Waals surface area contributed by atoms with E-state index in [1.165, 1.54) is 11.1 Å². The molecule has 0 aliphatic carbocycles. The molecule has 0 aliphatic rings. The van der Waals surface area contributed by atoms with Gasteiger partial charge in [0, 0.05) is 10.6 Å². The van der Waals surface area contributed by atoms with Crippen LogP contribution in [0, 0.1) is 6.92 Å². The van der Waals surface area contributed by atoms with E-state index < -0.39 is 0 Å². The summed E-state index contributed by atoms with van der Waals surface area (Å²) in [5, 5.41) is 0.799. The molecule has 0 bridgehead atoms. The highest BCUT2D eigenvalue weighted by molar-refractivity contribution is 6.33. The van der Waals surface area contributed by atoms with Gasteiger partial charge in [-0.2, -0.15) is 0 Å². The van der Waals surface area contributed by atoms with E-state index >= 15 is 0 Å². The Morgan fingerprint density at radius 1 is 0.938 bits per heavy atom. The highest BCUT2D eigenvalue weighted by Crippen LogP contribution is 2.27. The Labute approximate surface area is 102 Å². The molecule has 1 radical (unpaired) electrons. The van der Waals surface area contributed by atoms with Crippen LogP contribution in [0.4, 0.5) is 0 Å². The van der Waals surface area contributed by atoms with Crippen LogP contribution < -0.4 is 0 Å². The van der Waals surface area contributed by atoms with Crippen LogP contribution in [0.1, 0.15) is 12.0 Å². The van der Waals surface area contributed by atoms with Crippen molar-refractivity contribution in [3.8, 4) is 11.1 Å². The molecule has 2 rings (SSSR count). The minimum atomic E-state index is 0.799. The summed E-state index contributed by atoms with van der Waals surface area (Å²) in [6.07, 6.45) is 1.97. The molecular weight excluding hydrogens is 216 g/mol. The molecule has 0 aromatic heterocycles. The van der Waals surface area contributed by atoms with Gasteiger partial charge in [-0.3, -0.25) is 0 Å². The summed E-state index contributed by atoms with van der Waals surface area (Å²) in [5.74, 6) is 0. The number of hydrogen-bond donors (Lipinski definition) is 0. The van der Waals surface area contributed by atoms with Crippen molar-refractivity contribution in [2.45, 2.75) is 12.8 Å². The van der Waals surface area contributed by atoms with Crippen LogP contribution in [0.2, 0.25) is 5.02 Å². The maximum Gasteiger partial charge on any atom is 0.0484 e. The van der Waals surface area contributed by atoms with E-state index in [0.29, 0.717) is 0 Å². The van der Waals surface area contributed by atoms with Crippen molar-refractivity contribution in [3.63, 3.8) is 0 Å². The van der Waals surface area contributed by atoms with Crippen molar-refractivity contribution < 1.29 is 0 Å². The first-order valence-corrected chi connectivity index (χ1v) is 5.82. The van der Waals surface area contributed by atoms with Crippen molar-refractivity contribution in [1.82, 2.24) is 0 Å². The van der Waals surface area contributed by atoms with Crippen LogP contribution in [0.3, 0.4) is 0 Å². The van der Waals surface area contributed by atoms with Crippen LogP contribution in [0.5, 0.6) is 0 Å². The Kier molecular flexibility index (Phi) is 3.63. The minimum Gasteiger partial charge on any atom is -0.0837 e. The van der Waals surface area contributed by atoms with Crippen molar-refractivity contribution >= 4 is 11.6 Å². The molecule has 0 unspecified atom stereocenters. The molecule has 0 amide bonds. The second kappa shape index (κ2) is 5.18. The zero-order chi connectivity index (χ0) is 11.4. The minimum absolute atomic E-state index is 0.799. The Bertz CT molecular complexity index is 457. The van der Waals surface area contributed by atoms with E-state index in [1.54, 1.807) is 0 Å². The highest BCUT2D eigenvalue weighted by atomic mass is 35.5. The van der Waals surface area contributed by atoms with Crippen LogP contribution in [0.25, 0.3) is 11.1 Å². The summed E-state index contributed by atoms with van der Waals surface area (Å²) in [6.45, 7) is 3.85. The smallest absolute Gasteiger partial charge is 0.0484 e. The second-order valence-electron chi connectivity index (χ2n) is 3.78. The van der Waals surface area contributed by atoms with Crippen LogP contribution in [-0.2, 0) is 6.42 Å². The summed E-state index contributed by atoms with van der Waals surface area (Å²) in [4.78, 5) is 0. The zero-order valence-electron chi connectivity index (χ0n) is 9.12. The van der Waals surface area contributed by atoms with Gasteiger partial charge in [0.05, 0.1) is 0 Å². The molecule has 0 spiro atoms. The van der Waals surface area contributed by atoms with Gasteiger partial charge < -0.3 is 0 Å². The van der Waals surface area contributed by atoms with Gasteiger partial charge in [0.2, 0.25) is 0 Å². The van der Waals surface area contributed by atoms with Gasteiger partial charge in [0.15, 0.2) is 0 Å². The Hall–Kier alpha value is -1.27. The van der Waals surface area contributed by atoms with Gasteiger partial charge >= 0.3 is 0 Å². The molecule has 81 valence electrons. The zero-order valence-corrected chi connectivity index (χ0v) is 9.87. The summed E-state index contributed by atoms with van der Waals surface area (Å²) >= 11 is 6.15. The molecule has 0 saturated heterocycles. The van der Waals surface area contributed by atoms with Crippen molar-refractivity contribution in [1.29, 1.82) is 0 Å². The second-order valence-corrected chi connectivity index (χ2v) is 4.19. The summed E-state index contributed by atoms with van der Waals surface area (Å²) < 4.78 is 0. The van der Waals surface area contributed by atoms with Crippen molar-refractivity contribution in [3.05, 3.63) is 66.0 Å². The van der Waals surface area contributed by atoms with E-state index in [4.69, 9.17) is 11.6 Å². The van der Waals surface area contributed by atoms with E-state index in [2.05, 4.69) is 31.2 Å². The summed E-state index contributed by atoms with van der Waals surface area (Å²) in [7, 11) is 0. The number of rotatable bonds is 3. The van der Waals surface area contributed by atoms with Crippen LogP contribution in [-0.4, -0.2) is 0 Å². The fourth-order valence-corrected chi connectivity index (χ4v) is 2.00. The number of benzene rings is 2. The van der Waals surface area contributed by atoms with Crippen molar-refractivity contribution in [2.24, 2.45) is 0 Å². The topological polar surface area (TPSA) is 0 Å². The third-order valence-corrected chi connectivity index (χ3v) is 2.93. The molecular formula is C15H14Cl. The maximum absolute atomic E-state index is 6.15. The van der Waals surface area contributed by atoms with Gasteiger partial charge in [0.1, 0.15) is 0 Å². The lowest BCUT2D eigenvalue weighted by molar-refractivity contribution is 1.000. The first-order chi connectivity index (χ1) is 7.81. The Balaban J connectivity index is 2.31. The summed E-state index contributed by atoms with van der Waals surface area (Å²) in [5.41, 5.74) is 3.58. The van der Waals surface area contributed by atoms with Crippen molar-refractivity contribution in [2.75, 3.05) is 0 Å². The lowest BCUT2D eigenvalue weighted by Crippen LogP contribution is -1.84. The van der Waals surface area contributed by atoms with E-state index in [0.717, 1.165) is 23.4 Å². The van der Waals surface area contributed by atoms with Gasteiger partial charge in [-0.15, -0.1) is 0 Å². The Morgan fingerprint density at radius 2 is 1.62 bits per heavy atom. The number of hydrogen-bond acceptors (Lipinski definition) is 0. The normalized spacial score (nSPS) is 10.4. The molecule has 16 heavy (non-hydrogen) atoms. The van der Waals surface area contributed by atoms with Gasteiger partial charge in [0.25, 0.3) is 0 Å². The molecule has 0 nitrogen and oxygen atoms in total. The predicted octanol–water partition coefficient (Wildman–Crippen LogP) is 4.77. The molecule has 2 aromatic rings. The van der Waals surface area contributed by atoms with E-state index in [9.17, 15) is 0 Å². The average molecular weight is 230 g/mol. The fraction of sp³-hybridized carbons (Fsp3) is 0.133. The molecule has 1 heteroatoms. The van der Waals surface area contributed by atoms with Gasteiger partial charge in [-0.05, 0) is 30.0 Å². The van der Waals surface area contributed by atoms with Gasteiger partial charge in [-0.1, -0.05) is 61.0 Å². The molecule has 0 atom stereocenters. The highest BCUT2D eigenvalue weighted by Gasteiger charge is 2.01. The first-order valence-electron chi connectivity index (χ1n) is 5.44. The quantitative estimate of drug-likeness (QED) is 0.711. The first kappa shape index (κ1) is 11.2. The summed E-state index contributed by atoms with van der Waals surface area (Å²) in [6, 6.07) is 16.4. The third kappa shape index (κ3) is 2.45. The molecule has 0 heterocycles. The third-order valence-electron chi connectivity index (χ3n) is 2.60. The lowest BCUT2D eigenvalue weighted by Gasteiger charge is -2.05. The lowest BCUT2D eigenvalue weighted by atomic mass is 10.0. The Morgan fingerprint density at radius 3 is 2.25 bits per heavy atom. The monoisotopic (exact) mass is 229 g/mol. The fourth-order valence-electron chi connectivity index (χ4n) is 1.75. The number of aryl methyl sites for hydroxylation is 1. The maximum atomic E-state index is 6.15. The molecule has 0 aliphatic heterocycles. The van der Waals surface area contributed by atoms with E-state index in [-0.39, 0.29) is 0 Å². The molecule has 0 saturated carbocycles. The predicted molar refractivity (Wildman–Crippen MR) is 70.6 cm³/mol. The molecule has 2 aromatic carbocycles. The van der Waals surface area contributed by atoms with Crippen LogP contribution >= 0.6 is 11.6 Å². The standard InChI is InChI=1S/C15H14Cl/c1-2-5-12-8-10-13(11-9-12)14-6-3-4-7-15(14)16/h3-4,6-11H,1-2,5H2. The number of halogens is 1.